The maximum absolute atomic E-state index is 12.9. The Balaban J connectivity index is 2.18. The van der Waals surface area contributed by atoms with Crippen LogP contribution >= 0.6 is 0 Å². The summed E-state index contributed by atoms with van der Waals surface area (Å²) in [6.45, 7) is 0. The van der Waals surface area contributed by atoms with Crippen LogP contribution in [0.3, 0.4) is 0 Å². The molecule has 0 atom stereocenters. The smallest absolute Gasteiger partial charge is 0.185 e. The van der Waals surface area contributed by atoms with E-state index >= 15 is 0 Å². The lowest BCUT2D eigenvalue weighted by molar-refractivity contribution is 0.0988. The summed E-state index contributed by atoms with van der Waals surface area (Å²) < 4.78 is 38.4. The molecule has 2 nitrogen and oxygen atoms in total. The van der Waals surface area contributed by atoms with Crippen LogP contribution in [0.15, 0.2) is 36.5 Å². The van der Waals surface area contributed by atoms with Crippen LogP contribution in [0.5, 0.6) is 0 Å². The molecule has 0 saturated carbocycles. The molecule has 0 bridgehead atoms. The van der Waals surface area contributed by atoms with E-state index in [2.05, 4.69) is 4.98 Å². The third-order valence-corrected chi connectivity index (χ3v) is 2.30. The maximum Gasteiger partial charge on any atom is 0.185 e. The SMILES string of the molecule is O=C(Cc1cc(F)cc(F)c1)c1ccc(F)cn1. The lowest BCUT2D eigenvalue weighted by Gasteiger charge is -2.01. The zero-order valence-electron chi connectivity index (χ0n) is 9.16. The van der Waals surface area contributed by atoms with Crippen molar-refractivity contribution in [1.29, 1.82) is 0 Å². The molecule has 0 saturated heterocycles. The Labute approximate surface area is 101 Å². The summed E-state index contributed by atoms with van der Waals surface area (Å²) in [5.74, 6) is -2.47. The summed E-state index contributed by atoms with van der Waals surface area (Å²) in [5, 5.41) is 0. The van der Waals surface area contributed by atoms with Gasteiger partial charge in [0.2, 0.25) is 0 Å². The molecular formula is C13H8F3NO. The predicted molar refractivity (Wildman–Crippen MR) is 58.6 cm³/mol. The number of ketones is 1. The second-order valence-electron chi connectivity index (χ2n) is 3.74. The Hall–Kier alpha value is -2.17. The number of aromatic nitrogens is 1. The van der Waals surface area contributed by atoms with E-state index in [1.54, 1.807) is 0 Å². The number of carbonyl (C=O) groups is 1. The molecule has 1 aromatic heterocycles. The Bertz CT molecular complexity index is 561. The molecule has 0 unspecified atom stereocenters. The third kappa shape index (κ3) is 2.94. The third-order valence-electron chi connectivity index (χ3n) is 2.30. The molecule has 0 aliphatic carbocycles. The van der Waals surface area contributed by atoms with Gasteiger partial charge < -0.3 is 0 Å². The topological polar surface area (TPSA) is 30.0 Å². The van der Waals surface area contributed by atoms with E-state index in [9.17, 15) is 18.0 Å². The number of pyridine rings is 1. The van der Waals surface area contributed by atoms with Gasteiger partial charge in [0.1, 0.15) is 23.1 Å². The molecule has 0 fully saturated rings. The van der Waals surface area contributed by atoms with Gasteiger partial charge in [0.05, 0.1) is 6.20 Å². The van der Waals surface area contributed by atoms with Crippen LogP contribution in [0, 0.1) is 17.5 Å². The largest absolute Gasteiger partial charge is 0.292 e. The van der Waals surface area contributed by atoms with Crippen molar-refractivity contribution in [2.24, 2.45) is 0 Å². The Morgan fingerprint density at radius 3 is 2.22 bits per heavy atom. The minimum Gasteiger partial charge on any atom is -0.292 e. The quantitative estimate of drug-likeness (QED) is 0.785. The molecule has 0 aliphatic heterocycles. The number of benzene rings is 1. The number of nitrogens with zero attached hydrogens (tertiary/aromatic N) is 1. The number of halogens is 3. The van der Waals surface area contributed by atoms with E-state index in [-0.39, 0.29) is 17.7 Å². The van der Waals surface area contributed by atoms with Gasteiger partial charge >= 0.3 is 0 Å². The monoisotopic (exact) mass is 251 g/mol. The second kappa shape index (κ2) is 5.00. The van der Waals surface area contributed by atoms with Crippen molar-refractivity contribution >= 4 is 5.78 Å². The minimum atomic E-state index is -0.745. The second-order valence-corrected chi connectivity index (χ2v) is 3.74. The highest BCUT2D eigenvalue weighted by molar-refractivity contribution is 5.95. The molecular weight excluding hydrogens is 243 g/mol. The van der Waals surface area contributed by atoms with Crippen molar-refractivity contribution in [3.05, 3.63) is 65.2 Å². The summed E-state index contributed by atoms with van der Waals surface area (Å²) in [6.07, 6.45) is 0.729. The minimum absolute atomic E-state index is 0.0565. The standard InChI is InChI=1S/C13H8F3NO/c14-9-1-2-12(17-7-9)13(18)5-8-3-10(15)6-11(16)4-8/h1-4,6-7H,5H2. The molecule has 1 aromatic carbocycles. The van der Waals surface area contributed by atoms with Gasteiger partial charge in [-0.05, 0) is 29.8 Å². The van der Waals surface area contributed by atoms with Gasteiger partial charge in [0.25, 0.3) is 0 Å². The summed E-state index contributed by atoms with van der Waals surface area (Å²) in [6, 6.07) is 5.21. The van der Waals surface area contributed by atoms with Gasteiger partial charge in [-0.2, -0.15) is 0 Å². The molecule has 0 spiro atoms. The highest BCUT2D eigenvalue weighted by Crippen LogP contribution is 2.11. The van der Waals surface area contributed by atoms with E-state index in [1.165, 1.54) is 6.07 Å². The van der Waals surface area contributed by atoms with Crippen molar-refractivity contribution in [1.82, 2.24) is 4.98 Å². The molecule has 2 aromatic rings. The molecule has 5 heteroatoms. The molecule has 92 valence electrons. The summed E-state index contributed by atoms with van der Waals surface area (Å²) >= 11 is 0. The van der Waals surface area contributed by atoms with Gasteiger partial charge in [0.15, 0.2) is 5.78 Å². The van der Waals surface area contributed by atoms with Gasteiger partial charge in [-0.1, -0.05) is 0 Å². The zero-order valence-corrected chi connectivity index (χ0v) is 9.16. The van der Waals surface area contributed by atoms with Crippen LogP contribution in [0.25, 0.3) is 0 Å². The fourth-order valence-electron chi connectivity index (χ4n) is 1.53. The molecule has 0 amide bonds. The van der Waals surface area contributed by atoms with Crippen LogP contribution in [-0.2, 0) is 6.42 Å². The van der Waals surface area contributed by atoms with Crippen LogP contribution in [-0.4, -0.2) is 10.8 Å². The van der Waals surface area contributed by atoms with Gasteiger partial charge in [-0.25, -0.2) is 13.2 Å². The zero-order chi connectivity index (χ0) is 13.1. The van der Waals surface area contributed by atoms with E-state index in [1.807, 2.05) is 0 Å². The average Bonchev–Trinajstić information content (AvgIpc) is 2.28. The molecule has 0 aliphatic rings. The first-order chi connectivity index (χ1) is 8.54. The van der Waals surface area contributed by atoms with Crippen molar-refractivity contribution in [3.8, 4) is 0 Å². The lowest BCUT2D eigenvalue weighted by Crippen LogP contribution is -2.06. The first-order valence-corrected chi connectivity index (χ1v) is 5.14. The van der Waals surface area contributed by atoms with Crippen molar-refractivity contribution in [2.45, 2.75) is 6.42 Å². The van der Waals surface area contributed by atoms with Gasteiger partial charge in [-0.3, -0.25) is 9.78 Å². The number of carbonyl (C=O) groups excluding carboxylic acids is 1. The lowest BCUT2D eigenvalue weighted by atomic mass is 10.1. The number of hydrogen-bond acceptors (Lipinski definition) is 2. The normalized spacial score (nSPS) is 10.4. The van der Waals surface area contributed by atoms with E-state index in [0.29, 0.717) is 0 Å². The first-order valence-electron chi connectivity index (χ1n) is 5.14. The molecule has 1 heterocycles. The average molecular weight is 251 g/mol. The molecule has 0 N–H and O–H groups in total. The number of hydrogen-bond donors (Lipinski definition) is 0. The van der Waals surface area contributed by atoms with Crippen molar-refractivity contribution in [3.63, 3.8) is 0 Å². The summed E-state index contributed by atoms with van der Waals surface area (Å²) in [7, 11) is 0. The number of Topliss-reactive ketones (excluding diaryl/α,β-unsaturated/α-hetero) is 1. The van der Waals surface area contributed by atoms with Gasteiger partial charge in [0, 0.05) is 12.5 Å². The number of rotatable bonds is 3. The van der Waals surface area contributed by atoms with Crippen molar-refractivity contribution in [2.75, 3.05) is 0 Å². The highest BCUT2D eigenvalue weighted by atomic mass is 19.1. The fraction of sp³-hybridized carbons (Fsp3) is 0.0769. The summed E-state index contributed by atoms with van der Waals surface area (Å²) in [4.78, 5) is 15.3. The van der Waals surface area contributed by atoms with E-state index in [0.717, 1.165) is 30.5 Å². The summed E-state index contributed by atoms with van der Waals surface area (Å²) in [5.41, 5.74) is 0.268. The predicted octanol–water partition coefficient (Wildman–Crippen LogP) is 2.92. The first kappa shape index (κ1) is 12.3. The Kier molecular flexibility index (Phi) is 3.41. The highest BCUT2D eigenvalue weighted by Gasteiger charge is 2.10. The van der Waals surface area contributed by atoms with Crippen LogP contribution in [0.4, 0.5) is 13.2 Å². The van der Waals surface area contributed by atoms with Crippen LogP contribution in [0.2, 0.25) is 0 Å². The Morgan fingerprint density at radius 2 is 1.67 bits per heavy atom. The van der Waals surface area contributed by atoms with E-state index in [4.69, 9.17) is 0 Å². The van der Waals surface area contributed by atoms with Crippen LogP contribution < -0.4 is 0 Å². The molecule has 2 rings (SSSR count). The van der Waals surface area contributed by atoms with E-state index < -0.39 is 23.2 Å². The molecule has 18 heavy (non-hydrogen) atoms. The van der Waals surface area contributed by atoms with Crippen LogP contribution in [0.1, 0.15) is 16.1 Å². The van der Waals surface area contributed by atoms with Gasteiger partial charge in [-0.15, -0.1) is 0 Å². The Morgan fingerprint density at radius 1 is 1.00 bits per heavy atom. The fourth-order valence-corrected chi connectivity index (χ4v) is 1.53. The maximum atomic E-state index is 12.9. The van der Waals surface area contributed by atoms with Crippen molar-refractivity contribution < 1.29 is 18.0 Å². The molecule has 0 radical (unpaired) electrons.